The molecule has 3 rings (SSSR count). The lowest BCUT2D eigenvalue weighted by Crippen LogP contribution is -2.48. The first-order valence-corrected chi connectivity index (χ1v) is 8.64. The van der Waals surface area contributed by atoms with Crippen molar-refractivity contribution in [2.45, 2.75) is 26.1 Å². The van der Waals surface area contributed by atoms with Gasteiger partial charge in [0.1, 0.15) is 11.6 Å². The molecule has 2 atom stereocenters. The zero-order valence-corrected chi connectivity index (χ0v) is 15.0. The van der Waals surface area contributed by atoms with Crippen LogP contribution < -0.4 is 5.32 Å². The van der Waals surface area contributed by atoms with Gasteiger partial charge in [-0.2, -0.15) is 0 Å². The molecule has 1 N–H and O–H groups in total. The van der Waals surface area contributed by atoms with Crippen molar-refractivity contribution in [3.8, 4) is 0 Å². The van der Waals surface area contributed by atoms with Crippen molar-refractivity contribution in [2.75, 3.05) is 18.4 Å². The molecule has 0 unspecified atom stereocenters. The summed E-state index contributed by atoms with van der Waals surface area (Å²) in [5.41, 5.74) is 0.427. The molecular weight excluding hydrogens is 354 g/mol. The Labute approximate surface area is 155 Å². The molecule has 0 aromatic heterocycles. The van der Waals surface area contributed by atoms with Crippen molar-refractivity contribution in [2.24, 2.45) is 0 Å². The predicted molar refractivity (Wildman–Crippen MR) is 96.7 cm³/mol. The molecule has 0 saturated carbocycles. The number of anilines is 1. The van der Waals surface area contributed by atoms with Gasteiger partial charge < -0.3 is 15.0 Å². The van der Waals surface area contributed by atoms with Crippen LogP contribution in [0.1, 0.15) is 34.6 Å². The van der Waals surface area contributed by atoms with Gasteiger partial charge in [0.25, 0.3) is 11.8 Å². The summed E-state index contributed by atoms with van der Waals surface area (Å²) in [6.45, 7) is 4.67. The van der Waals surface area contributed by atoms with Crippen LogP contribution in [-0.2, 0) is 4.74 Å². The zero-order chi connectivity index (χ0) is 19.6. The van der Waals surface area contributed by atoms with Crippen molar-refractivity contribution in [1.82, 2.24) is 4.90 Å². The second kappa shape index (κ2) is 7.84. The quantitative estimate of drug-likeness (QED) is 0.895. The van der Waals surface area contributed by atoms with E-state index in [0.29, 0.717) is 24.7 Å². The van der Waals surface area contributed by atoms with Crippen LogP contribution in [0.5, 0.6) is 0 Å². The van der Waals surface area contributed by atoms with E-state index in [1.807, 2.05) is 13.8 Å². The largest absolute Gasteiger partial charge is 0.372 e. The molecule has 1 fully saturated rings. The topological polar surface area (TPSA) is 58.6 Å². The Balaban J connectivity index is 1.83. The van der Waals surface area contributed by atoms with Gasteiger partial charge in [-0.05, 0) is 38.1 Å². The number of ether oxygens (including phenoxy) is 1. The van der Waals surface area contributed by atoms with E-state index in [2.05, 4.69) is 5.32 Å². The van der Waals surface area contributed by atoms with Gasteiger partial charge in [0.05, 0.1) is 23.5 Å². The van der Waals surface area contributed by atoms with Crippen molar-refractivity contribution < 1.29 is 23.1 Å². The molecule has 1 heterocycles. The van der Waals surface area contributed by atoms with Gasteiger partial charge in [-0.15, -0.1) is 0 Å². The Hall–Kier alpha value is -2.80. The van der Waals surface area contributed by atoms with Crippen LogP contribution in [0.2, 0.25) is 0 Å². The first kappa shape index (κ1) is 19.0. The van der Waals surface area contributed by atoms with Crippen LogP contribution in [0.3, 0.4) is 0 Å². The standard InChI is InChI=1S/C20H20F2N2O3/c1-12-10-24(11-13(2)27-12)20(26)17-5-3-4-6-18(17)23-19(25)14-7-15(21)9-16(22)8-14/h3-9,12-13H,10-11H2,1-2H3,(H,23,25)/t12-,13-/m0/s1. The number of carbonyl (C=O) groups is 2. The van der Waals surface area contributed by atoms with E-state index in [-0.39, 0.29) is 29.4 Å². The molecule has 27 heavy (non-hydrogen) atoms. The summed E-state index contributed by atoms with van der Waals surface area (Å²) in [4.78, 5) is 27.0. The summed E-state index contributed by atoms with van der Waals surface area (Å²) in [5, 5.41) is 2.57. The average molecular weight is 374 g/mol. The van der Waals surface area contributed by atoms with Crippen LogP contribution in [0, 0.1) is 11.6 Å². The number of carbonyl (C=O) groups excluding carboxylic acids is 2. The Morgan fingerprint density at radius 2 is 1.63 bits per heavy atom. The highest BCUT2D eigenvalue weighted by atomic mass is 19.1. The number of hydrogen-bond acceptors (Lipinski definition) is 3. The number of nitrogens with one attached hydrogen (secondary N) is 1. The van der Waals surface area contributed by atoms with Gasteiger partial charge in [-0.3, -0.25) is 9.59 Å². The molecule has 0 radical (unpaired) electrons. The lowest BCUT2D eigenvalue weighted by atomic mass is 10.1. The summed E-state index contributed by atoms with van der Waals surface area (Å²) < 4.78 is 32.4. The molecule has 5 nitrogen and oxygen atoms in total. The first-order chi connectivity index (χ1) is 12.8. The van der Waals surface area contributed by atoms with E-state index in [0.717, 1.165) is 12.1 Å². The fourth-order valence-corrected chi connectivity index (χ4v) is 3.17. The van der Waals surface area contributed by atoms with E-state index in [9.17, 15) is 18.4 Å². The molecule has 1 aliphatic heterocycles. The minimum atomic E-state index is -0.846. The fourth-order valence-electron chi connectivity index (χ4n) is 3.17. The number of benzene rings is 2. The van der Waals surface area contributed by atoms with E-state index in [4.69, 9.17) is 4.74 Å². The highest BCUT2D eigenvalue weighted by Gasteiger charge is 2.28. The predicted octanol–water partition coefficient (Wildman–Crippen LogP) is 3.47. The van der Waals surface area contributed by atoms with Crippen LogP contribution in [-0.4, -0.2) is 42.0 Å². The SMILES string of the molecule is C[C@H]1CN(C(=O)c2ccccc2NC(=O)c2cc(F)cc(F)c2)C[C@H](C)O1. The van der Waals surface area contributed by atoms with Gasteiger partial charge in [-0.25, -0.2) is 8.78 Å². The molecule has 2 amide bonds. The van der Waals surface area contributed by atoms with E-state index in [1.165, 1.54) is 0 Å². The maximum atomic E-state index is 13.4. The molecule has 2 aromatic carbocycles. The van der Waals surface area contributed by atoms with Crippen molar-refractivity contribution >= 4 is 17.5 Å². The third-order valence-electron chi connectivity index (χ3n) is 4.24. The van der Waals surface area contributed by atoms with Gasteiger partial charge >= 0.3 is 0 Å². The Morgan fingerprint density at radius 3 is 2.26 bits per heavy atom. The van der Waals surface area contributed by atoms with Crippen molar-refractivity contribution in [1.29, 1.82) is 0 Å². The highest BCUT2D eigenvalue weighted by Crippen LogP contribution is 2.21. The number of halogens is 2. The second-order valence-corrected chi connectivity index (χ2v) is 6.63. The summed E-state index contributed by atoms with van der Waals surface area (Å²) in [6, 6.07) is 9.11. The number of amides is 2. The van der Waals surface area contributed by atoms with E-state index >= 15 is 0 Å². The third-order valence-corrected chi connectivity index (χ3v) is 4.24. The summed E-state index contributed by atoms with van der Waals surface area (Å²) in [5.74, 6) is -2.63. The zero-order valence-electron chi connectivity index (χ0n) is 15.0. The first-order valence-electron chi connectivity index (χ1n) is 8.64. The number of morpholine rings is 1. The van der Waals surface area contributed by atoms with E-state index < -0.39 is 17.5 Å². The average Bonchev–Trinajstić information content (AvgIpc) is 2.60. The highest BCUT2D eigenvalue weighted by molar-refractivity contribution is 6.09. The molecule has 1 saturated heterocycles. The molecular formula is C20H20F2N2O3. The fraction of sp³-hybridized carbons (Fsp3) is 0.300. The van der Waals surface area contributed by atoms with Gasteiger partial charge in [0.15, 0.2) is 0 Å². The maximum Gasteiger partial charge on any atom is 0.256 e. The molecule has 142 valence electrons. The Morgan fingerprint density at radius 1 is 1.04 bits per heavy atom. The molecule has 0 bridgehead atoms. The molecule has 7 heteroatoms. The lowest BCUT2D eigenvalue weighted by molar-refractivity contribution is -0.0585. The molecule has 0 spiro atoms. The normalized spacial score (nSPS) is 19.6. The number of hydrogen-bond donors (Lipinski definition) is 1. The molecule has 0 aliphatic carbocycles. The van der Waals surface area contributed by atoms with Gasteiger partial charge in [-0.1, -0.05) is 12.1 Å². The van der Waals surface area contributed by atoms with Crippen molar-refractivity contribution in [3.63, 3.8) is 0 Å². The minimum Gasteiger partial charge on any atom is -0.372 e. The van der Waals surface area contributed by atoms with Crippen molar-refractivity contribution in [3.05, 3.63) is 65.2 Å². The second-order valence-electron chi connectivity index (χ2n) is 6.63. The van der Waals surface area contributed by atoms with Crippen LogP contribution >= 0.6 is 0 Å². The van der Waals surface area contributed by atoms with Gasteiger partial charge in [0, 0.05) is 24.7 Å². The summed E-state index contributed by atoms with van der Waals surface area (Å²) >= 11 is 0. The van der Waals surface area contributed by atoms with E-state index in [1.54, 1.807) is 29.2 Å². The summed E-state index contributed by atoms with van der Waals surface area (Å²) in [7, 11) is 0. The van der Waals surface area contributed by atoms with Crippen LogP contribution in [0.25, 0.3) is 0 Å². The lowest BCUT2D eigenvalue weighted by Gasteiger charge is -2.35. The number of rotatable bonds is 3. The Kier molecular flexibility index (Phi) is 5.51. The third kappa shape index (κ3) is 4.49. The van der Waals surface area contributed by atoms with Gasteiger partial charge in [0.2, 0.25) is 0 Å². The minimum absolute atomic E-state index is 0.0882. The number of nitrogens with zero attached hydrogens (tertiary/aromatic N) is 1. The smallest absolute Gasteiger partial charge is 0.256 e. The van der Waals surface area contributed by atoms with Crippen LogP contribution in [0.15, 0.2) is 42.5 Å². The van der Waals surface area contributed by atoms with Crippen LogP contribution in [0.4, 0.5) is 14.5 Å². The Bertz CT molecular complexity index is 842. The molecule has 2 aromatic rings. The maximum absolute atomic E-state index is 13.4. The number of para-hydroxylation sites is 1. The summed E-state index contributed by atoms with van der Waals surface area (Å²) in [6.07, 6.45) is -0.176. The monoisotopic (exact) mass is 374 g/mol. The molecule has 1 aliphatic rings.